The molecule has 1 N–H and O–H groups in total. The lowest BCUT2D eigenvalue weighted by Gasteiger charge is -2.20. The van der Waals surface area contributed by atoms with E-state index >= 15 is 0 Å². The number of imide groups is 1. The van der Waals surface area contributed by atoms with Crippen LogP contribution in [0.25, 0.3) is 6.08 Å². The molecule has 1 aromatic heterocycles. The molecule has 0 spiro atoms. The third kappa shape index (κ3) is 4.35. The molecule has 1 saturated heterocycles. The molecular formula is C20H19ClN2O4. The SMILES string of the molecule is C[C@H]1[C@@H](c2ccccc2)OC(=O)N1C(=O)C[C@H](O)/C(Cl)=C\c1ccccn1. The normalized spacial score (nSPS) is 21.1. The van der Waals surface area contributed by atoms with E-state index < -0.39 is 30.3 Å². The van der Waals surface area contributed by atoms with Crippen LogP contribution in [0.4, 0.5) is 4.79 Å². The Morgan fingerprint density at radius 1 is 1.30 bits per heavy atom. The summed E-state index contributed by atoms with van der Waals surface area (Å²) in [4.78, 5) is 29.9. The van der Waals surface area contributed by atoms with Gasteiger partial charge in [0, 0.05) is 11.2 Å². The van der Waals surface area contributed by atoms with Gasteiger partial charge in [0.15, 0.2) is 0 Å². The largest absolute Gasteiger partial charge is 0.439 e. The summed E-state index contributed by atoms with van der Waals surface area (Å²) in [6, 6.07) is 14.0. The van der Waals surface area contributed by atoms with Gasteiger partial charge in [-0.25, -0.2) is 9.69 Å². The molecule has 1 aromatic carbocycles. The smallest absolute Gasteiger partial charge is 0.417 e. The van der Waals surface area contributed by atoms with Crippen LogP contribution in [0.2, 0.25) is 0 Å². The van der Waals surface area contributed by atoms with Gasteiger partial charge in [-0.15, -0.1) is 0 Å². The zero-order valence-electron chi connectivity index (χ0n) is 14.7. The zero-order valence-corrected chi connectivity index (χ0v) is 15.4. The van der Waals surface area contributed by atoms with Crippen LogP contribution < -0.4 is 0 Å². The van der Waals surface area contributed by atoms with Crippen LogP contribution >= 0.6 is 11.6 Å². The molecule has 0 aliphatic carbocycles. The molecule has 3 atom stereocenters. The van der Waals surface area contributed by atoms with E-state index in [0.29, 0.717) is 5.69 Å². The number of rotatable bonds is 5. The average molecular weight is 387 g/mol. The molecule has 2 amide bonds. The van der Waals surface area contributed by atoms with Gasteiger partial charge in [0.1, 0.15) is 6.10 Å². The number of carbonyl (C=O) groups is 2. The number of aliphatic hydroxyl groups excluding tert-OH is 1. The van der Waals surface area contributed by atoms with Crippen molar-refractivity contribution in [1.29, 1.82) is 0 Å². The first kappa shape index (κ1) is 19.1. The molecule has 2 aromatic rings. The van der Waals surface area contributed by atoms with Crippen molar-refractivity contribution >= 4 is 29.7 Å². The maximum Gasteiger partial charge on any atom is 0.417 e. The summed E-state index contributed by atoms with van der Waals surface area (Å²) in [5.41, 5.74) is 1.37. The molecule has 7 heteroatoms. The second kappa shape index (κ2) is 8.33. The lowest BCUT2D eigenvalue weighted by atomic mass is 10.0. The highest BCUT2D eigenvalue weighted by atomic mass is 35.5. The first-order valence-electron chi connectivity index (χ1n) is 8.51. The van der Waals surface area contributed by atoms with Crippen molar-refractivity contribution in [1.82, 2.24) is 9.88 Å². The minimum absolute atomic E-state index is 0.0712. The number of cyclic esters (lactones) is 1. The maximum atomic E-state index is 12.6. The molecule has 140 valence electrons. The highest BCUT2D eigenvalue weighted by Crippen LogP contribution is 2.33. The molecule has 0 bridgehead atoms. The van der Waals surface area contributed by atoms with E-state index in [2.05, 4.69) is 4.98 Å². The summed E-state index contributed by atoms with van der Waals surface area (Å²) in [6.07, 6.45) is 0.245. The van der Waals surface area contributed by atoms with E-state index in [-0.39, 0.29) is 11.5 Å². The molecule has 2 heterocycles. The van der Waals surface area contributed by atoms with E-state index in [1.165, 1.54) is 6.08 Å². The quantitative estimate of drug-likeness (QED) is 0.850. The summed E-state index contributed by atoms with van der Waals surface area (Å²) >= 11 is 6.10. The summed E-state index contributed by atoms with van der Waals surface area (Å²) in [5.74, 6) is -0.550. The van der Waals surface area contributed by atoms with E-state index in [9.17, 15) is 14.7 Å². The van der Waals surface area contributed by atoms with Gasteiger partial charge in [-0.1, -0.05) is 48.0 Å². The van der Waals surface area contributed by atoms with Gasteiger partial charge in [0.25, 0.3) is 0 Å². The highest BCUT2D eigenvalue weighted by Gasteiger charge is 2.43. The van der Waals surface area contributed by atoms with Crippen molar-refractivity contribution in [3.05, 3.63) is 71.0 Å². The van der Waals surface area contributed by atoms with Gasteiger partial charge in [-0.05, 0) is 30.7 Å². The predicted octanol–water partition coefficient (Wildman–Crippen LogP) is 3.52. The minimum atomic E-state index is -1.24. The topological polar surface area (TPSA) is 79.7 Å². The average Bonchev–Trinajstić information content (AvgIpc) is 2.97. The van der Waals surface area contributed by atoms with Crippen molar-refractivity contribution in [2.45, 2.75) is 31.6 Å². The lowest BCUT2D eigenvalue weighted by molar-refractivity contribution is -0.130. The third-order valence-corrected chi connectivity index (χ3v) is 4.69. The van der Waals surface area contributed by atoms with E-state index in [1.54, 1.807) is 31.3 Å². The van der Waals surface area contributed by atoms with Gasteiger partial charge in [0.05, 0.1) is 24.3 Å². The van der Waals surface area contributed by atoms with Crippen molar-refractivity contribution in [3.8, 4) is 0 Å². The molecule has 1 fully saturated rings. The number of aromatic nitrogens is 1. The van der Waals surface area contributed by atoms with Crippen molar-refractivity contribution in [2.75, 3.05) is 0 Å². The van der Waals surface area contributed by atoms with Crippen molar-refractivity contribution in [2.24, 2.45) is 0 Å². The Bertz CT molecular complexity index is 842. The molecule has 3 rings (SSSR count). The molecule has 0 unspecified atom stereocenters. The molecule has 6 nitrogen and oxygen atoms in total. The molecule has 0 radical (unpaired) electrons. The molecule has 0 saturated carbocycles. The van der Waals surface area contributed by atoms with Crippen LogP contribution in [-0.2, 0) is 9.53 Å². The van der Waals surface area contributed by atoms with Gasteiger partial charge < -0.3 is 9.84 Å². The van der Waals surface area contributed by atoms with Crippen LogP contribution in [-0.4, -0.2) is 39.1 Å². The minimum Gasteiger partial charge on any atom is -0.439 e. The Morgan fingerprint density at radius 2 is 2.00 bits per heavy atom. The Balaban J connectivity index is 1.68. The molecule has 27 heavy (non-hydrogen) atoms. The van der Waals surface area contributed by atoms with Crippen LogP contribution in [0.1, 0.15) is 30.7 Å². The van der Waals surface area contributed by atoms with Crippen molar-refractivity contribution in [3.63, 3.8) is 0 Å². The number of aliphatic hydroxyl groups is 1. The van der Waals surface area contributed by atoms with E-state index in [0.717, 1.165) is 10.5 Å². The second-order valence-electron chi connectivity index (χ2n) is 6.22. The van der Waals surface area contributed by atoms with E-state index in [1.807, 2.05) is 30.3 Å². The molecule has 1 aliphatic heterocycles. The monoisotopic (exact) mass is 386 g/mol. The summed E-state index contributed by atoms with van der Waals surface area (Å²) in [6.45, 7) is 1.73. The van der Waals surface area contributed by atoms with Gasteiger partial charge in [-0.2, -0.15) is 0 Å². The van der Waals surface area contributed by atoms with Gasteiger partial charge in [-0.3, -0.25) is 9.78 Å². The number of carbonyl (C=O) groups excluding carboxylic acids is 2. The molecular weight excluding hydrogens is 368 g/mol. The number of halogens is 1. The van der Waals surface area contributed by atoms with Crippen LogP contribution in [0, 0.1) is 0 Å². The van der Waals surface area contributed by atoms with E-state index in [4.69, 9.17) is 16.3 Å². The zero-order chi connectivity index (χ0) is 19.4. The Kier molecular flexibility index (Phi) is 5.88. The standard InChI is InChI=1S/C20H19ClN2O4/c1-13-19(14-7-3-2-4-8-14)27-20(26)23(13)18(25)12-17(24)16(21)11-15-9-5-6-10-22-15/h2-11,13,17,19,24H,12H2,1H3/b16-11+/t13-,17-,19-/m0/s1. The third-order valence-electron chi connectivity index (χ3n) is 4.33. The second-order valence-corrected chi connectivity index (χ2v) is 6.66. The number of benzene rings is 1. The van der Waals surface area contributed by atoms with Crippen LogP contribution in [0.3, 0.4) is 0 Å². The predicted molar refractivity (Wildman–Crippen MR) is 101 cm³/mol. The van der Waals surface area contributed by atoms with Gasteiger partial charge in [0.2, 0.25) is 5.91 Å². The maximum absolute atomic E-state index is 12.6. The lowest BCUT2D eigenvalue weighted by Crippen LogP contribution is -2.39. The number of hydrogen-bond donors (Lipinski definition) is 1. The Morgan fingerprint density at radius 3 is 2.67 bits per heavy atom. The number of nitrogens with zero attached hydrogens (tertiary/aromatic N) is 2. The summed E-state index contributed by atoms with van der Waals surface area (Å²) < 4.78 is 5.36. The summed E-state index contributed by atoms with van der Waals surface area (Å²) in [7, 11) is 0. The number of pyridine rings is 1. The number of hydrogen-bond acceptors (Lipinski definition) is 5. The first-order chi connectivity index (χ1) is 13.0. The fourth-order valence-electron chi connectivity index (χ4n) is 2.94. The fraction of sp³-hybridized carbons (Fsp3) is 0.250. The van der Waals surface area contributed by atoms with Crippen LogP contribution in [0.15, 0.2) is 59.8 Å². The fourth-order valence-corrected chi connectivity index (χ4v) is 3.13. The Labute approximate surface area is 162 Å². The molecule has 1 aliphatic rings. The first-order valence-corrected chi connectivity index (χ1v) is 8.89. The van der Waals surface area contributed by atoms with Crippen LogP contribution in [0.5, 0.6) is 0 Å². The number of amides is 2. The Hall–Kier alpha value is -2.70. The van der Waals surface area contributed by atoms with Gasteiger partial charge >= 0.3 is 6.09 Å². The number of ether oxygens (including phenoxy) is 1. The van der Waals surface area contributed by atoms with Crippen molar-refractivity contribution < 1.29 is 19.4 Å². The highest BCUT2D eigenvalue weighted by molar-refractivity contribution is 6.32. The summed E-state index contributed by atoms with van der Waals surface area (Å²) in [5, 5.41) is 10.3.